The lowest BCUT2D eigenvalue weighted by atomic mass is 9.95. The average molecular weight is 274 g/mol. The third kappa shape index (κ3) is 4.40. The van der Waals surface area contributed by atoms with Gasteiger partial charge in [0.05, 0.1) is 0 Å². The molecule has 0 saturated heterocycles. The average Bonchev–Trinajstić information content (AvgIpc) is 2.29. The van der Waals surface area contributed by atoms with Crippen molar-refractivity contribution in [1.29, 1.82) is 0 Å². The van der Waals surface area contributed by atoms with Crippen molar-refractivity contribution in [2.75, 3.05) is 6.26 Å². The van der Waals surface area contributed by atoms with Crippen molar-refractivity contribution in [3.05, 3.63) is 0 Å². The Morgan fingerprint density at radius 3 is 2.22 bits per heavy atom. The van der Waals surface area contributed by atoms with Crippen LogP contribution < -0.4 is 10.6 Å². The van der Waals surface area contributed by atoms with E-state index in [-0.39, 0.29) is 6.04 Å². The van der Waals surface area contributed by atoms with Crippen LogP contribution >= 0.6 is 11.8 Å². The van der Waals surface area contributed by atoms with E-state index in [1.165, 1.54) is 13.8 Å². The maximum absolute atomic E-state index is 11.7. The van der Waals surface area contributed by atoms with Crippen molar-refractivity contribution in [1.82, 2.24) is 10.6 Å². The van der Waals surface area contributed by atoms with Gasteiger partial charge in [-0.1, -0.05) is 0 Å². The van der Waals surface area contributed by atoms with Gasteiger partial charge in [0.2, 0.25) is 0 Å². The summed E-state index contributed by atoms with van der Waals surface area (Å²) in [6, 6.07) is -0.229. The summed E-state index contributed by atoms with van der Waals surface area (Å²) in [6.07, 6.45) is 6.25. The molecule has 0 heterocycles. The number of nitrogens with one attached hydrogen (secondary N) is 2. The standard InChI is InChI=1S/C12H22N2O3S/c1-12(2,10(15)16)14-11(17)13-8-4-6-9(18-3)7-5-8/h8-9H,4-7H2,1-3H3,(H,15,16)(H2,13,14,17). The summed E-state index contributed by atoms with van der Waals surface area (Å²) in [7, 11) is 0. The fourth-order valence-electron chi connectivity index (χ4n) is 2.00. The van der Waals surface area contributed by atoms with Crippen molar-refractivity contribution in [2.24, 2.45) is 0 Å². The van der Waals surface area contributed by atoms with Gasteiger partial charge in [0.15, 0.2) is 0 Å². The third-order valence-electron chi connectivity index (χ3n) is 3.30. The molecular formula is C12H22N2O3S. The van der Waals surface area contributed by atoms with Crippen LogP contribution in [0, 0.1) is 0 Å². The van der Waals surface area contributed by atoms with Crippen LogP contribution in [0.4, 0.5) is 4.79 Å². The van der Waals surface area contributed by atoms with Gasteiger partial charge >= 0.3 is 12.0 Å². The minimum Gasteiger partial charge on any atom is -0.480 e. The minimum atomic E-state index is -1.24. The predicted molar refractivity (Wildman–Crippen MR) is 72.9 cm³/mol. The lowest BCUT2D eigenvalue weighted by Gasteiger charge is -2.29. The first kappa shape index (κ1) is 15.1. The number of carboxylic acids is 1. The molecule has 0 aromatic heterocycles. The summed E-state index contributed by atoms with van der Waals surface area (Å²) in [5.74, 6) is -1.04. The number of carbonyl (C=O) groups excluding carboxylic acids is 1. The molecule has 1 aliphatic carbocycles. The largest absolute Gasteiger partial charge is 0.480 e. The van der Waals surface area contributed by atoms with Crippen molar-refractivity contribution in [2.45, 2.75) is 56.4 Å². The number of aliphatic carboxylic acids is 1. The highest BCUT2D eigenvalue weighted by molar-refractivity contribution is 7.99. The van der Waals surface area contributed by atoms with E-state index in [1.807, 2.05) is 11.8 Å². The summed E-state index contributed by atoms with van der Waals surface area (Å²) in [5.41, 5.74) is -1.24. The number of hydrogen-bond acceptors (Lipinski definition) is 3. The quantitative estimate of drug-likeness (QED) is 0.730. The molecule has 1 saturated carbocycles. The van der Waals surface area contributed by atoms with Crippen molar-refractivity contribution in [3.63, 3.8) is 0 Å². The van der Waals surface area contributed by atoms with Crippen molar-refractivity contribution < 1.29 is 14.7 Å². The molecule has 0 aliphatic heterocycles. The van der Waals surface area contributed by atoms with Crippen molar-refractivity contribution >= 4 is 23.8 Å². The molecule has 0 spiro atoms. The molecule has 0 aromatic carbocycles. The molecule has 0 unspecified atom stereocenters. The van der Waals surface area contributed by atoms with Crippen LogP contribution in [-0.4, -0.2) is 40.2 Å². The highest BCUT2D eigenvalue weighted by atomic mass is 32.2. The molecule has 0 bridgehead atoms. The molecule has 104 valence electrons. The van der Waals surface area contributed by atoms with Gasteiger partial charge < -0.3 is 15.7 Å². The number of carbonyl (C=O) groups is 2. The number of urea groups is 1. The normalized spacial score (nSPS) is 24.4. The first-order chi connectivity index (χ1) is 8.35. The van der Waals surface area contributed by atoms with E-state index in [2.05, 4.69) is 16.9 Å². The van der Waals surface area contributed by atoms with Gasteiger partial charge in [0.1, 0.15) is 5.54 Å². The van der Waals surface area contributed by atoms with Crippen LogP contribution in [0.15, 0.2) is 0 Å². The predicted octanol–water partition coefficient (Wildman–Crippen LogP) is 1.82. The van der Waals surface area contributed by atoms with E-state index in [0.717, 1.165) is 25.7 Å². The molecule has 1 aliphatic rings. The molecule has 1 fully saturated rings. The minimum absolute atomic E-state index is 0.165. The van der Waals surface area contributed by atoms with E-state index in [1.54, 1.807) is 0 Å². The second-order valence-corrected chi connectivity index (χ2v) is 6.38. The Kier molecular flexibility index (Phi) is 5.31. The van der Waals surface area contributed by atoms with E-state index >= 15 is 0 Å². The number of thioether (sulfide) groups is 1. The molecule has 5 nitrogen and oxygen atoms in total. The number of hydrogen-bond donors (Lipinski definition) is 3. The fourth-order valence-corrected chi connectivity index (χ4v) is 2.75. The molecular weight excluding hydrogens is 252 g/mol. The molecule has 6 heteroatoms. The molecule has 0 radical (unpaired) electrons. The molecule has 0 atom stereocenters. The zero-order valence-corrected chi connectivity index (χ0v) is 12.0. The zero-order chi connectivity index (χ0) is 13.8. The van der Waals surface area contributed by atoms with Crippen LogP contribution in [0.3, 0.4) is 0 Å². The molecule has 18 heavy (non-hydrogen) atoms. The maximum atomic E-state index is 11.7. The topological polar surface area (TPSA) is 78.4 Å². The van der Waals surface area contributed by atoms with Crippen LogP contribution in [-0.2, 0) is 4.79 Å². The van der Waals surface area contributed by atoms with E-state index in [9.17, 15) is 9.59 Å². The van der Waals surface area contributed by atoms with Crippen LogP contribution in [0.1, 0.15) is 39.5 Å². The van der Waals surface area contributed by atoms with Crippen LogP contribution in [0.25, 0.3) is 0 Å². The smallest absolute Gasteiger partial charge is 0.328 e. The van der Waals surface area contributed by atoms with Gasteiger partial charge in [-0.25, -0.2) is 9.59 Å². The van der Waals surface area contributed by atoms with Gasteiger partial charge in [-0.2, -0.15) is 11.8 Å². The van der Waals surface area contributed by atoms with Crippen LogP contribution in [0.2, 0.25) is 0 Å². The molecule has 0 aromatic rings. The zero-order valence-electron chi connectivity index (χ0n) is 11.2. The second-order valence-electron chi connectivity index (χ2n) is 5.24. The number of rotatable bonds is 4. The lowest BCUT2D eigenvalue weighted by Crippen LogP contribution is -2.55. The van der Waals surface area contributed by atoms with Crippen LogP contribution in [0.5, 0.6) is 0 Å². The molecule has 1 rings (SSSR count). The van der Waals surface area contributed by atoms with Gasteiger partial charge in [0, 0.05) is 11.3 Å². The number of amides is 2. The lowest BCUT2D eigenvalue weighted by molar-refractivity contribution is -0.142. The first-order valence-electron chi connectivity index (χ1n) is 6.20. The highest BCUT2D eigenvalue weighted by Crippen LogP contribution is 2.26. The summed E-state index contributed by atoms with van der Waals surface area (Å²) < 4.78 is 0. The molecule has 2 amide bonds. The first-order valence-corrected chi connectivity index (χ1v) is 7.49. The maximum Gasteiger partial charge on any atom is 0.328 e. The summed E-state index contributed by atoms with van der Waals surface area (Å²) >= 11 is 1.87. The summed E-state index contributed by atoms with van der Waals surface area (Å²) in [5, 5.41) is 14.9. The molecule has 3 N–H and O–H groups in total. The summed E-state index contributed by atoms with van der Waals surface area (Å²) in [4.78, 5) is 22.6. The van der Waals surface area contributed by atoms with E-state index < -0.39 is 17.5 Å². The van der Waals surface area contributed by atoms with Gasteiger partial charge in [-0.15, -0.1) is 0 Å². The van der Waals surface area contributed by atoms with Crippen molar-refractivity contribution in [3.8, 4) is 0 Å². The Morgan fingerprint density at radius 2 is 1.78 bits per heavy atom. The summed E-state index contributed by atoms with van der Waals surface area (Å²) in [6.45, 7) is 2.94. The Balaban J connectivity index is 2.35. The Morgan fingerprint density at radius 1 is 1.22 bits per heavy atom. The monoisotopic (exact) mass is 274 g/mol. The number of carboxylic acid groups (broad SMARTS) is 1. The second kappa shape index (κ2) is 6.31. The third-order valence-corrected chi connectivity index (χ3v) is 4.44. The Labute approximate surface area is 112 Å². The van der Waals surface area contributed by atoms with Gasteiger partial charge in [-0.05, 0) is 45.8 Å². The Hall–Kier alpha value is -0.910. The SMILES string of the molecule is CSC1CCC(NC(=O)NC(C)(C)C(=O)O)CC1. The van der Waals surface area contributed by atoms with E-state index in [0.29, 0.717) is 5.25 Å². The van der Waals surface area contributed by atoms with E-state index in [4.69, 9.17) is 5.11 Å². The van der Waals surface area contributed by atoms with Gasteiger partial charge in [0.25, 0.3) is 0 Å². The Bertz CT molecular complexity index is 312. The van der Waals surface area contributed by atoms with Gasteiger partial charge in [-0.3, -0.25) is 0 Å². The highest BCUT2D eigenvalue weighted by Gasteiger charge is 2.30. The fraction of sp³-hybridized carbons (Fsp3) is 0.833.